The van der Waals surface area contributed by atoms with Gasteiger partial charge in [0.15, 0.2) is 0 Å². The lowest BCUT2D eigenvalue weighted by Gasteiger charge is -2.35. The molecule has 5 rings (SSSR count). The van der Waals surface area contributed by atoms with E-state index in [9.17, 15) is 14.4 Å². The number of aromatic nitrogens is 3. The summed E-state index contributed by atoms with van der Waals surface area (Å²) in [6.07, 6.45) is 4.67. The minimum Gasteiger partial charge on any atom is -0.339 e. The average molecular weight is 446 g/mol. The lowest BCUT2D eigenvalue weighted by molar-refractivity contribution is -0.136. The number of nitrogens with zero attached hydrogens (tertiary/aromatic N) is 4. The van der Waals surface area contributed by atoms with Crippen molar-refractivity contribution in [2.24, 2.45) is 5.92 Å². The Morgan fingerprint density at radius 1 is 0.909 bits per heavy atom. The van der Waals surface area contributed by atoms with Crippen molar-refractivity contribution in [1.29, 1.82) is 0 Å². The fraction of sp³-hybridized carbons (Fsp3) is 0.400. The van der Waals surface area contributed by atoms with Crippen molar-refractivity contribution in [3.63, 3.8) is 0 Å². The molecular formula is C25H27N5O3. The van der Waals surface area contributed by atoms with Gasteiger partial charge in [-0.15, -0.1) is 0 Å². The number of carbonyl (C=O) groups excluding carboxylic acids is 2. The van der Waals surface area contributed by atoms with Crippen molar-refractivity contribution < 1.29 is 9.59 Å². The summed E-state index contributed by atoms with van der Waals surface area (Å²) < 4.78 is 0. The number of pyridine rings is 1. The van der Waals surface area contributed by atoms with Gasteiger partial charge in [0, 0.05) is 49.6 Å². The molecule has 3 aromatic rings. The second kappa shape index (κ2) is 9.13. The molecule has 8 heteroatoms. The lowest BCUT2D eigenvalue weighted by atomic mass is 10.1. The first-order chi connectivity index (χ1) is 16.1. The molecule has 2 fully saturated rings. The topological polar surface area (TPSA) is 99.3 Å². The van der Waals surface area contributed by atoms with Crippen LogP contribution >= 0.6 is 0 Å². The number of amides is 2. The molecule has 1 aromatic carbocycles. The minimum absolute atomic E-state index is 0.121. The Morgan fingerprint density at radius 3 is 2.36 bits per heavy atom. The van der Waals surface area contributed by atoms with E-state index in [1.54, 1.807) is 17.0 Å². The molecule has 0 bridgehead atoms. The highest BCUT2D eigenvalue weighted by Gasteiger charge is 2.31. The fourth-order valence-electron chi connectivity index (χ4n) is 4.90. The predicted octanol–water partition coefficient (Wildman–Crippen LogP) is 2.38. The SMILES string of the molecule is O=C(c1cccc(Cc2n[nH]c(=O)c3ccccc23)n1)N1CCN(C(=O)C2CCCC2)CC1. The highest BCUT2D eigenvalue weighted by molar-refractivity contribution is 5.92. The van der Waals surface area contributed by atoms with Crippen LogP contribution < -0.4 is 5.56 Å². The van der Waals surface area contributed by atoms with Crippen LogP contribution in [0.3, 0.4) is 0 Å². The Hall–Kier alpha value is -3.55. The van der Waals surface area contributed by atoms with Crippen LogP contribution in [-0.2, 0) is 11.2 Å². The first kappa shape index (κ1) is 21.3. The second-order valence-corrected chi connectivity index (χ2v) is 8.83. The zero-order valence-corrected chi connectivity index (χ0v) is 18.5. The maximum absolute atomic E-state index is 13.1. The Labute approximate surface area is 191 Å². The minimum atomic E-state index is -0.225. The summed E-state index contributed by atoms with van der Waals surface area (Å²) in [6, 6.07) is 12.7. The third kappa shape index (κ3) is 4.37. The largest absolute Gasteiger partial charge is 0.339 e. The fourth-order valence-corrected chi connectivity index (χ4v) is 4.90. The number of aromatic amines is 1. The number of carbonyl (C=O) groups is 2. The first-order valence-corrected chi connectivity index (χ1v) is 11.6. The Bertz CT molecular complexity index is 1240. The normalized spacial score (nSPS) is 17.0. The molecular weight excluding hydrogens is 418 g/mol. The van der Waals surface area contributed by atoms with E-state index in [1.165, 1.54) is 0 Å². The van der Waals surface area contributed by atoms with Crippen molar-refractivity contribution in [3.05, 3.63) is 69.9 Å². The molecule has 2 aromatic heterocycles. The second-order valence-electron chi connectivity index (χ2n) is 8.83. The molecule has 170 valence electrons. The van der Waals surface area contributed by atoms with Crippen LogP contribution in [0.15, 0.2) is 47.3 Å². The summed E-state index contributed by atoms with van der Waals surface area (Å²) in [5.74, 6) is 0.299. The summed E-state index contributed by atoms with van der Waals surface area (Å²) >= 11 is 0. The predicted molar refractivity (Wildman–Crippen MR) is 124 cm³/mol. The third-order valence-corrected chi connectivity index (χ3v) is 6.73. The molecule has 33 heavy (non-hydrogen) atoms. The summed E-state index contributed by atoms with van der Waals surface area (Å²) in [5.41, 5.74) is 1.58. The first-order valence-electron chi connectivity index (χ1n) is 11.6. The summed E-state index contributed by atoms with van der Waals surface area (Å²) in [7, 11) is 0. The zero-order chi connectivity index (χ0) is 22.8. The summed E-state index contributed by atoms with van der Waals surface area (Å²) in [4.78, 5) is 46.1. The van der Waals surface area contributed by atoms with Crippen molar-refractivity contribution >= 4 is 22.6 Å². The maximum Gasteiger partial charge on any atom is 0.272 e. The van der Waals surface area contributed by atoms with E-state index in [0.29, 0.717) is 55.1 Å². The molecule has 1 aliphatic heterocycles. The van der Waals surface area contributed by atoms with Gasteiger partial charge >= 0.3 is 0 Å². The number of fused-ring (bicyclic) bond motifs is 1. The van der Waals surface area contributed by atoms with Gasteiger partial charge in [-0.3, -0.25) is 14.4 Å². The number of hydrogen-bond donors (Lipinski definition) is 1. The van der Waals surface area contributed by atoms with E-state index < -0.39 is 0 Å². The Kier molecular flexibility index (Phi) is 5.90. The van der Waals surface area contributed by atoms with Gasteiger partial charge in [0.05, 0.1) is 11.1 Å². The molecule has 2 aliphatic rings. The van der Waals surface area contributed by atoms with Crippen LogP contribution in [-0.4, -0.2) is 63.0 Å². The molecule has 3 heterocycles. The molecule has 2 amide bonds. The molecule has 1 aliphatic carbocycles. The van der Waals surface area contributed by atoms with Crippen molar-refractivity contribution in [3.8, 4) is 0 Å². The highest BCUT2D eigenvalue weighted by Crippen LogP contribution is 2.27. The van der Waals surface area contributed by atoms with E-state index in [-0.39, 0.29) is 23.3 Å². The van der Waals surface area contributed by atoms with Gasteiger partial charge < -0.3 is 9.80 Å². The molecule has 0 atom stereocenters. The van der Waals surface area contributed by atoms with E-state index in [2.05, 4.69) is 15.2 Å². The van der Waals surface area contributed by atoms with Crippen molar-refractivity contribution in [1.82, 2.24) is 25.0 Å². The Balaban J connectivity index is 1.27. The standard InChI is InChI=1S/C25H27N5O3/c31-23-20-10-4-3-9-19(20)22(27-28-23)16-18-8-5-11-21(26-18)25(33)30-14-12-29(13-15-30)24(32)17-6-1-2-7-17/h3-5,8-11,17H,1-2,6-7,12-16H2,(H,28,31). The van der Waals surface area contributed by atoms with Crippen LogP contribution in [0.1, 0.15) is 47.6 Å². The molecule has 0 unspecified atom stereocenters. The van der Waals surface area contributed by atoms with Crippen LogP contribution in [0.25, 0.3) is 10.8 Å². The van der Waals surface area contributed by atoms with Gasteiger partial charge in [0.1, 0.15) is 5.69 Å². The Morgan fingerprint density at radius 2 is 1.61 bits per heavy atom. The van der Waals surface area contributed by atoms with E-state index in [1.807, 2.05) is 35.2 Å². The number of hydrogen-bond acceptors (Lipinski definition) is 5. The molecule has 1 saturated carbocycles. The van der Waals surface area contributed by atoms with Gasteiger partial charge in [-0.05, 0) is 31.0 Å². The maximum atomic E-state index is 13.1. The number of nitrogens with one attached hydrogen (secondary N) is 1. The van der Waals surface area contributed by atoms with Gasteiger partial charge in [0.2, 0.25) is 5.91 Å². The lowest BCUT2D eigenvalue weighted by Crippen LogP contribution is -2.51. The third-order valence-electron chi connectivity index (χ3n) is 6.73. The summed E-state index contributed by atoms with van der Waals surface area (Å²) in [6.45, 7) is 2.20. The van der Waals surface area contributed by atoms with E-state index >= 15 is 0 Å². The monoisotopic (exact) mass is 445 g/mol. The van der Waals surface area contributed by atoms with E-state index in [0.717, 1.165) is 31.1 Å². The number of H-pyrrole nitrogens is 1. The molecule has 0 spiro atoms. The van der Waals surface area contributed by atoms with Crippen LogP contribution in [0.2, 0.25) is 0 Å². The quantitative estimate of drug-likeness (QED) is 0.665. The zero-order valence-electron chi connectivity index (χ0n) is 18.5. The van der Waals surface area contributed by atoms with Crippen molar-refractivity contribution in [2.75, 3.05) is 26.2 Å². The van der Waals surface area contributed by atoms with Gasteiger partial charge in [-0.1, -0.05) is 37.1 Å². The van der Waals surface area contributed by atoms with Crippen LogP contribution in [0.4, 0.5) is 0 Å². The molecule has 1 N–H and O–H groups in total. The van der Waals surface area contributed by atoms with Gasteiger partial charge in [0.25, 0.3) is 11.5 Å². The smallest absolute Gasteiger partial charge is 0.272 e. The van der Waals surface area contributed by atoms with E-state index in [4.69, 9.17) is 0 Å². The molecule has 8 nitrogen and oxygen atoms in total. The van der Waals surface area contributed by atoms with Gasteiger partial charge in [-0.25, -0.2) is 10.1 Å². The average Bonchev–Trinajstić information content (AvgIpc) is 3.40. The van der Waals surface area contributed by atoms with Crippen LogP contribution in [0.5, 0.6) is 0 Å². The number of rotatable bonds is 4. The van der Waals surface area contributed by atoms with Gasteiger partial charge in [-0.2, -0.15) is 5.10 Å². The number of benzene rings is 1. The number of piperazine rings is 1. The highest BCUT2D eigenvalue weighted by atomic mass is 16.2. The van der Waals surface area contributed by atoms with Crippen LogP contribution in [0, 0.1) is 5.92 Å². The van der Waals surface area contributed by atoms with Crippen molar-refractivity contribution in [2.45, 2.75) is 32.1 Å². The molecule has 1 saturated heterocycles. The molecule has 0 radical (unpaired) electrons. The summed E-state index contributed by atoms with van der Waals surface area (Å²) in [5, 5.41) is 8.12.